The number of pyridine rings is 1. The van der Waals surface area contributed by atoms with E-state index in [9.17, 15) is 4.79 Å². The Bertz CT molecular complexity index is 1860. The van der Waals surface area contributed by atoms with Gasteiger partial charge in [0.05, 0.1) is 23.2 Å². The monoisotopic (exact) mass is 556 g/mol. The van der Waals surface area contributed by atoms with Gasteiger partial charge < -0.3 is 10.6 Å². The topological polar surface area (TPSA) is 84.2 Å². The van der Waals surface area contributed by atoms with Gasteiger partial charge in [0.1, 0.15) is 5.69 Å². The third-order valence-corrected chi connectivity index (χ3v) is 8.27. The summed E-state index contributed by atoms with van der Waals surface area (Å²) in [5.41, 5.74) is 8.85. The Hall–Kier alpha value is -4.82. The third-order valence-electron chi connectivity index (χ3n) is 7.39. The minimum atomic E-state index is -0.0477. The van der Waals surface area contributed by atoms with E-state index in [1.54, 1.807) is 17.5 Å². The van der Waals surface area contributed by atoms with Crippen molar-refractivity contribution in [1.82, 2.24) is 19.6 Å². The number of aromatic nitrogens is 4. The number of hydrogen-bond donors (Lipinski definition) is 2. The van der Waals surface area contributed by atoms with Crippen LogP contribution in [0.5, 0.6) is 0 Å². The van der Waals surface area contributed by atoms with Crippen molar-refractivity contribution in [2.75, 3.05) is 10.6 Å². The molecule has 0 fully saturated rings. The molecule has 0 saturated carbocycles. The molecule has 0 aliphatic heterocycles. The highest BCUT2D eigenvalue weighted by Gasteiger charge is 2.19. The number of amides is 1. The minimum absolute atomic E-state index is 0.0477. The normalized spacial score (nSPS) is 12.7. The molecule has 6 aromatic rings. The summed E-state index contributed by atoms with van der Waals surface area (Å²) in [7, 11) is 0. The van der Waals surface area contributed by atoms with Crippen molar-refractivity contribution in [2.24, 2.45) is 0 Å². The van der Waals surface area contributed by atoms with Crippen LogP contribution < -0.4 is 10.6 Å². The van der Waals surface area contributed by atoms with E-state index in [2.05, 4.69) is 33.8 Å². The average molecular weight is 557 g/mol. The van der Waals surface area contributed by atoms with Crippen LogP contribution in [0.2, 0.25) is 0 Å². The number of aryl methyl sites for hydroxylation is 2. The number of fused-ring (bicyclic) bond motifs is 2. The minimum Gasteiger partial charge on any atom is -0.326 e. The lowest BCUT2D eigenvalue weighted by Gasteiger charge is -2.17. The van der Waals surface area contributed by atoms with Gasteiger partial charge in [-0.15, -0.1) is 11.3 Å². The highest BCUT2D eigenvalue weighted by Crippen LogP contribution is 2.35. The predicted molar refractivity (Wildman–Crippen MR) is 165 cm³/mol. The highest BCUT2D eigenvalue weighted by atomic mass is 32.1. The van der Waals surface area contributed by atoms with Gasteiger partial charge in [0.25, 0.3) is 0 Å². The summed E-state index contributed by atoms with van der Waals surface area (Å²) in [6.07, 6.45) is 8.83. The van der Waals surface area contributed by atoms with Crippen LogP contribution >= 0.6 is 11.3 Å². The number of thiophene rings is 1. The number of nitrogens with one attached hydrogen (secondary N) is 2. The zero-order valence-electron chi connectivity index (χ0n) is 22.4. The van der Waals surface area contributed by atoms with Gasteiger partial charge in [-0.2, -0.15) is 5.10 Å². The second kappa shape index (κ2) is 11.0. The number of rotatable bonds is 7. The molecule has 4 aromatic heterocycles. The molecule has 7 rings (SSSR count). The lowest BCUT2D eigenvalue weighted by molar-refractivity contribution is -0.115. The van der Waals surface area contributed by atoms with Crippen LogP contribution in [0.15, 0.2) is 96.6 Å². The SMILES string of the molecule is O=C(Cc1cccs1)Nc1cccc(-c2nn3ccccc3c2-c2ccnc(Nc3ccc4c(c3)CCCC4)n2)c1. The van der Waals surface area contributed by atoms with Gasteiger partial charge in [-0.05, 0) is 90.7 Å². The Balaban J connectivity index is 1.22. The van der Waals surface area contributed by atoms with Crippen molar-refractivity contribution in [1.29, 1.82) is 0 Å². The number of hydrogen-bond acceptors (Lipinski definition) is 6. The van der Waals surface area contributed by atoms with Gasteiger partial charge >= 0.3 is 0 Å². The molecule has 41 heavy (non-hydrogen) atoms. The highest BCUT2D eigenvalue weighted by molar-refractivity contribution is 7.10. The summed E-state index contributed by atoms with van der Waals surface area (Å²) in [4.78, 5) is 23.2. The summed E-state index contributed by atoms with van der Waals surface area (Å²) < 4.78 is 1.87. The van der Waals surface area contributed by atoms with Gasteiger partial charge in [0, 0.05) is 34.2 Å². The van der Waals surface area contributed by atoms with Gasteiger partial charge in [-0.1, -0.05) is 30.3 Å². The fourth-order valence-electron chi connectivity index (χ4n) is 5.47. The Kier molecular flexibility index (Phi) is 6.74. The van der Waals surface area contributed by atoms with Gasteiger partial charge in [0.15, 0.2) is 0 Å². The molecule has 8 heteroatoms. The van der Waals surface area contributed by atoms with Gasteiger partial charge in [0.2, 0.25) is 11.9 Å². The van der Waals surface area contributed by atoms with Crippen LogP contribution in [-0.4, -0.2) is 25.5 Å². The summed E-state index contributed by atoms with van der Waals surface area (Å²) in [5, 5.41) is 13.4. The van der Waals surface area contributed by atoms with E-state index in [1.807, 2.05) is 76.8 Å². The first-order valence-electron chi connectivity index (χ1n) is 13.8. The first kappa shape index (κ1) is 25.2. The Morgan fingerprint density at radius 3 is 2.73 bits per heavy atom. The molecule has 202 valence electrons. The van der Waals surface area contributed by atoms with Crippen LogP contribution in [0, 0.1) is 0 Å². The second-order valence-electron chi connectivity index (χ2n) is 10.2. The maximum absolute atomic E-state index is 12.7. The van der Waals surface area contributed by atoms with Crippen LogP contribution in [-0.2, 0) is 24.1 Å². The summed E-state index contributed by atoms with van der Waals surface area (Å²) in [5.74, 6) is 0.489. The van der Waals surface area contributed by atoms with E-state index in [-0.39, 0.29) is 5.91 Å². The van der Waals surface area contributed by atoms with E-state index in [0.717, 1.165) is 57.1 Å². The Labute approximate surface area is 241 Å². The molecular weight excluding hydrogens is 528 g/mol. The van der Waals surface area contributed by atoms with Crippen molar-refractivity contribution in [3.8, 4) is 22.5 Å². The number of carbonyl (C=O) groups is 1. The predicted octanol–water partition coefficient (Wildman–Crippen LogP) is 7.32. The maximum atomic E-state index is 12.7. The van der Waals surface area contributed by atoms with E-state index in [4.69, 9.17) is 10.1 Å². The van der Waals surface area contributed by atoms with E-state index in [1.165, 1.54) is 24.0 Å². The smallest absolute Gasteiger partial charge is 0.229 e. The lowest BCUT2D eigenvalue weighted by atomic mass is 9.91. The second-order valence-corrected chi connectivity index (χ2v) is 11.3. The van der Waals surface area contributed by atoms with Crippen molar-refractivity contribution >= 4 is 40.1 Å². The van der Waals surface area contributed by atoms with Crippen molar-refractivity contribution in [3.63, 3.8) is 0 Å². The molecule has 4 heterocycles. The van der Waals surface area contributed by atoms with Crippen LogP contribution in [0.25, 0.3) is 28.0 Å². The molecule has 7 nitrogen and oxygen atoms in total. The zero-order chi connectivity index (χ0) is 27.6. The van der Waals surface area contributed by atoms with E-state index < -0.39 is 0 Å². The van der Waals surface area contributed by atoms with Crippen LogP contribution in [0.3, 0.4) is 0 Å². The average Bonchev–Trinajstić information content (AvgIpc) is 3.65. The molecule has 0 unspecified atom stereocenters. The number of nitrogens with zero attached hydrogens (tertiary/aromatic N) is 4. The fraction of sp³-hybridized carbons (Fsp3) is 0.152. The van der Waals surface area contributed by atoms with Crippen molar-refractivity contribution in [3.05, 3.63) is 113 Å². The summed E-state index contributed by atoms with van der Waals surface area (Å²) in [6.45, 7) is 0. The van der Waals surface area contributed by atoms with E-state index in [0.29, 0.717) is 12.4 Å². The summed E-state index contributed by atoms with van der Waals surface area (Å²) in [6, 6.07) is 26.2. The molecule has 2 aromatic carbocycles. The molecule has 0 spiro atoms. The molecule has 1 amide bonds. The lowest BCUT2D eigenvalue weighted by Crippen LogP contribution is -2.13. The Morgan fingerprint density at radius 2 is 1.83 bits per heavy atom. The van der Waals surface area contributed by atoms with Crippen LogP contribution in [0.4, 0.5) is 17.3 Å². The molecular formula is C33H28N6OS. The molecule has 0 saturated heterocycles. The first-order chi connectivity index (χ1) is 20.2. The number of anilines is 3. The van der Waals surface area contributed by atoms with Crippen molar-refractivity contribution < 1.29 is 4.79 Å². The molecule has 0 radical (unpaired) electrons. The largest absolute Gasteiger partial charge is 0.326 e. The first-order valence-corrected chi connectivity index (χ1v) is 14.7. The quantitative estimate of drug-likeness (QED) is 0.215. The fourth-order valence-corrected chi connectivity index (χ4v) is 6.18. The maximum Gasteiger partial charge on any atom is 0.229 e. The van der Waals surface area contributed by atoms with Crippen molar-refractivity contribution in [2.45, 2.75) is 32.1 Å². The standard InChI is InChI=1S/C33H28N6OS/c40-30(21-27-11-6-18-41-27)35-25-10-5-9-24(20-25)32-31(29-12-3-4-17-39(29)38-32)28-15-16-34-33(37-28)36-26-14-13-22-7-1-2-8-23(22)19-26/h3-6,9-20H,1-2,7-8,21H2,(H,35,40)(H,34,36,37). The summed E-state index contributed by atoms with van der Waals surface area (Å²) >= 11 is 1.58. The third kappa shape index (κ3) is 5.34. The molecule has 1 aliphatic carbocycles. The number of benzene rings is 2. The Morgan fingerprint density at radius 1 is 0.902 bits per heavy atom. The van der Waals surface area contributed by atoms with Crippen LogP contribution in [0.1, 0.15) is 28.8 Å². The zero-order valence-corrected chi connectivity index (χ0v) is 23.2. The molecule has 0 atom stereocenters. The van der Waals surface area contributed by atoms with Gasteiger partial charge in [-0.3, -0.25) is 4.79 Å². The number of carbonyl (C=O) groups excluding carboxylic acids is 1. The molecule has 1 aliphatic rings. The molecule has 2 N–H and O–H groups in total. The molecule has 0 bridgehead atoms. The van der Waals surface area contributed by atoms with E-state index >= 15 is 0 Å². The van der Waals surface area contributed by atoms with Gasteiger partial charge in [-0.25, -0.2) is 14.5 Å².